The van der Waals surface area contributed by atoms with E-state index in [1.165, 1.54) is 63.7 Å². The van der Waals surface area contributed by atoms with Gasteiger partial charge < -0.3 is 15.1 Å². The van der Waals surface area contributed by atoms with Gasteiger partial charge >= 0.3 is 0 Å². The van der Waals surface area contributed by atoms with Crippen molar-refractivity contribution in [3.05, 3.63) is 59.2 Å². The predicted molar refractivity (Wildman–Crippen MR) is 139 cm³/mol. The molecule has 3 rings (SSSR count). The molecular weight excluding hydrogens is 406 g/mol. The zero-order chi connectivity index (χ0) is 23.6. The van der Waals surface area contributed by atoms with Crippen LogP contribution in [-0.2, 0) is 6.42 Å². The van der Waals surface area contributed by atoms with Crippen molar-refractivity contribution in [2.75, 3.05) is 19.6 Å². The van der Waals surface area contributed by atoms with Gasteiger partial charge in [0.15, 0.2) is 0 Å². The zero-order valence-corrected chi connectivity index (χ0v) is 21.3. The van der Waals surface area contributed by atoms with Crippen molar-refractivity contribution in [2.45, 2.75) is 90.8 Å². The third-order valence-electron chi connectivity index (χ3n) is 7.58. The summed E-state index contributed by atoms with van der Waals surface area (Å²) in [5, 5.41) is 21.2. The van der Waals surface area contributed by atoms with Gasteiger partial charge in [-0.2, -0.15) is 0 Å². The maximum Gasteiger partial charge on any atom is 0.0761 e. The fraction of sp³-hybridized carbons (Fsp3) is 0.667. The molecule has 0 heterocycles. The van der Waals surface area contributed by atoms with Gasteiger partial charge in [0.25, 0.3) is 0 Å². The summed E-state index contributed by atoms with van der Waals surface area (Å²) in [6.07, 6.45) is 16.0. The Hall–Kier alpha value is -1.42. The van der Waals surface area contributed by atoms with E-state index in [4.69, 9.17) is 0 Å². The molecule has 0 unspecified atom stereocenters. The highest BCUT2D eigenvalue weighted by atomic mass is 16.3. The Bertz CT molecular complexity index is 764. The Labute approximate surface area is 202 Å². The summed E-state index contributed by atoms with van der Waals surface area (Å²) in [5.41, 5.74) is 3.99. The van der Waals surface area contributed by atoms with Gasteiger partial charge in [-0.25, -0.2) is 0 Å². The minimum absolute atomic E-state index is 0.174. The number of rotatable bonds is 14. The van der Waals surface area contributed by atoms with Crippen LogP contribution in [0.2, 0.25) is 0 Å². The minimum Gasteiger partial charge on any atom is -0.392 e. The molecule has 0 amide bonds. The number of allylic oxidation sites excluding steroid dienone is 2. The fourth-order valence-corrected chi connectivity index (χ4v) is 6.03. The maximum atomic E-state index is 10.6. The highest BCUT2D eigenvalue weighted by Crippen LogP contribution is 2.48. The van der Waals surface area contributed by atoms with Crippen LogP contribution in [0.5, 0.6) is 0 Å². The van der Waals surface area contributed by atoms with Gasteiger partial charge in [-0.05, 0) is 88.9 Å². The van der Waals surface area contributed by atoms with Crippen molar-refractivity contribution < 1.29 is 10.2 Å². The molecule has 0 radical (unpaired) electrons. The van der Waals surface area contributed by atoms with Crippen LogP contribution in [0.15, 0.2) is 48.1 Å². The van der Waals surface area contributed by atoms with Crippen molar-refractivity contribution in [1.29, 1.82) is 0 Å². The number of nitrogens with zero attached hydrogens (tertiary/aromatic N) is 1. The van der Waals surface area contributed by atoms with Crippen molar-refractivity contribution >= 4 is 0 Å². The van der Waals surface area contributed by atoms with E-state index in [1.807, 2.05) is 12.1 Å². The Balaban J connectivity index is 1.41. The Morgan fingerprint density at radius 1 is 1.09 bits per heavy atom. The lowest BCUT2D eigenvalue weighted by atomic mass is 9.88. The highest BCUT2D eigenvalue weighted by molar-refractivity contribution is 5.24. The van der Waals surface area contributed by atoms with Crippen LogP contribution >= 0.6 is 0 Å². The summed E-state index contributed by atoms with van der Waals surface area (Å²) in [6.45, 7) is 10.3. The molecule has 3 heteroatoms. The summed E-state index contributed by atoms with van der Waals surface area (Å²) in [4.78, 5) is 2.62. The van der Waals surface area contributed by atoms with Gasteiger partial charge in [-0.15, -0.1) is 0 Å². The molecule has 0 saturated heterocycles. The standard InChI is InChI=1S/C30H47NO2/c1-4-15-31(16-5-2)17-8-6-7-11-25-19-26-22-30(33)28(29(26)21-25)14-13-27(32)20-24-12-9-10-23(3)18-24/h9-10,12-14,18-19,26-30,32-33H,4-8,11,15-17,20-22H2,1-3H3/t26-,27+,28+,29-,30+/m0/s1. The van der Waals surface area contributed by atoms with Crippen molar-refractivity contribution in [1.82, 2.24) is 4.90 Å². The summed E-state index contributed by atoms with van der Waals surface area (Å²) >= 11 is 0. The monoisotopic (exact) mass is 453 g/mol. The average Bonchev–Trinajstić information content (AvgIpc) is 3.28. The summed E-state index contributed by atoms with van der Waals surface area (Å²) < 4.78 is 0. The Kier molecular flexibility index (Phi) is 10.7. The van der Waals surface area contributed by atoms with Crippen LogP contribution in [0.1, 0.15) is 76.3 Å². The second kappa shape index (κ2) is 13.5. The largest absolute Gasteiger partial charge is 0.392 e. The lowest BCUT2D eigenvalue weighted by Gasteiger charge is -2.20. The first-order valence-corrected chi connectivity index (χ1v) is 13.5. The normalized spacial score (nSPS) is 25.7. The fourth-order valence-electron chi connectivity index (χ4n) is 6.03. The van der Waals surface area contributed by atoms with E-state index in [-0.39, 0.29) is 12.0 Å². The number of hydrogen-bond donors (Lipinski definition) is 2. The van der Waals surface area contributed by atoms with Crippen molar-refractivity contribution in [3.63, 3.8) is 0 Å². The lowest BCUT2D eigenvalue weighted by Crippen LogP contribution is -2.26. The number of benzene rings is 1. The van der Waals surface area contributed by atoms with Crippen LogP contribution in [0.25, 0.3) is 0 Å². The van der Waals surface area contributed by atoms with Crippen LogP contribution in [-0.4, -0.2) is 47.0 Å². The Morgan fingerprint density at radius 2 is 1.88 bits per heavy atom. The third-order valence-corrected chi connectivity index (χ3v) is 7.58. The molecule has 2 aliphatic carbocycles. The third kappa shape index (κ3) is 8.09. The van der Waals surface area contributed by atoms with E-state index in [1.54, 1.807) is 5.57 Å². The number of fused-ring (bicyclic) bond motifs is 1. The first-order valence-electron chi connectivity index (χ1n) is 13.5. The highest BCUT2D eigenvalue weighted by Gasteiger charge is 2.43. The van der Waals surface area contributed by atoms with Gasteiger partial charge in [-0.3, -0.25) is 0 Å². The molecule has 0 spiro atoms. The molecular formula is C30H47NO2. The van der Waals surface area contributed by atoms with E-state index >= 15 is 0 Å². The second-order valence-electron chi connectivity index (χ2n) is 10.5. The van der Waals surface area contributed by atoms with Gasteiger partial charge in [-0.1, -0.05) is 73.9 Å². The smallest absolute Gasteiger partial charge is 0.0761 e. The molecule has 2 aliphatic rings. The second-order valence-corrected chi connectivity index (χ2v) is 10.5. The molecule has 3 nitrogen and oxygen atoms in total. The molecule has 2 N–H and O–H groups in total. The first-order chi connectivity index (χ1) is 16.0. The average molecular weight is 454 g/mol. The molecule has 1 aromatic carbocycles. The summed E-state index contributed by atoms with van der Waals surface area (Å²) in [6, 6.07) is 8.34. The molecule has 0 aromatic heterocycles. The number of hydrogen-bond acceptors (Lipinski definition) is 3. The predicted octanol–water partition coefficient (Wildman–Crippen LogP) is 6.08. The van der Waals surface area contributed by atoms with Crippen molar-refractivity contribution in [2.24, 2.45) is 17.8 Å². The molecule has 5 atom stereocenters. The van der Waals surface area contributed by atoms with Crippen LogP contribution in [0, 0.1) is 24.7 Å². The topological polar surface area (TPSA) is 43.7 Å². The molecule has 1 aromatic rings. The maximum absolute atomic E-state index is 10.6. The lowest BCUT2D eigenvalue weighted by molar-refractivity contribution is 0.140. The Morgan fingerprint density at radius 3 is 2.61 bits per heavy atom. The number of aryl methyl sites for hydroxylation is 1. The van der Waals surface area contributed by atoms with Gasteiger partial charge in [0.1, 0.15) is 0 Å². The van der Waals surface area contributed by atoms with Gasteiger partial charge in [0.2, 0.25) is 0 Å². The van der Waals surface area contributed by atoms with E-state index in [0.29, 0.717) is 18.3 Å². The first kappa shape index (κ1) is 26.2. The van der Waals surface area contributed by atoms with E-state index < -0.39 is 6.10 Å². The number of aliphatic hydroxyl groups is 2. The SMILES string of the molecule is CCCN(CCC)CCCCCC1=C[C@H]2C[C@@H](O)[C@H](C=C[C@@H](O)Cc3cccc(C)c3)[C@H]2C1. The molecule has 184 valence electrons. The van der Waals surface area contributed by atoms with Gasteiger partial charge in [0.05, 0.1) is 12.2 Å². The number of aliphatic hydroxyl groups excluding tert-OH is 2. The molecule has 33 heavy (non-hydrogen) atoms. The molecule has 1 fully saturated rings. The molecule has 1 saturated carbocycles. The van der Waals surface area contributed by atoms with E-state index in [9.17, 15) is 10.2 Å². The van der Waals surface area contributed by atoms with E-state index in [2.05, 4.69) is 56.0 Å². The molecule has 0 aliphatic heterocycles. The van der Waals surface area contributed by atoms with Crippen LogP contribution in [0.3, 0.4) is 0 Å². The summed E-state index contributed by atoms with van der Waals surface area (Å²) in [5.74, 6) is 1.21. The van der Waals surface area contributed by atoms with Gasteiger partial charge in [0, 0.05) is 12.3 Å². The summed E-state index contributed by atoms with van der Waals surface area (Å²) in [7, 11) is 0. The zero-order valence-electron chi connectivity index (χ0n) is 21.3. The van der Waals surface area contributed by atoms with Crippen LogP contribution < -0.4 is 0 Å². The quantitative estimate of drug-likeness (QED) is 0.265. The van der Waals surface area contributed by atoms with E-state index in [0.717, 1.165) is 18.4 Å². The molecule has 0 bridgehead atoms. The minimum atomic E-state index is -0.494. The number of unbranched alkanes of at least 4 members (excludes halogenated alkanes) is 2. The van der Waals surface area contributed by atoms with Crippen molar-refractivity contribution in [3.8, 4) is 0 Å². The van der Waals surface area contributed by atoms with Crippen LogP contribution in [0.4, 0.5) is 0 Å².